The van der Waals surface area contributed by atoms with Gasteiger partial charge in [0.15, 0.2) is 0 Å². The first kappa shape index (κ1) is 28.9. The molecule has 0 saturated heterocycles. The normalized spacial score (nSPS) is 17.8. The van der Waals surface area contributed by atoms with E-state index < -0.39 is 6.03 Å². The van der Waals surface area contributed by atoms with Gasteiger partial charge in [-0.05, 0) is 62.0 Å². The topological polar surface area (TPSA) is 103 Å². The quantitative estimate of drug-likeness (QED) is 0.360. The number of benzene rings is 3. The Labute approximate surface area is 235 Å². The number of carbonyl (C=O) groups is 2. The van der Waals surface area contributed by atoms with E-state index in [9.17, 15) is 14.7 Å². The molecule has 3 N–H and O–H groups in total. The number of hydrogen-bond acceptors (Lipinski definition) is 6. The van der Waals surface area contributed by atoms with E-state index in [0.717, 1.165) is 17.9 Å². The number of nitrogens with one attached hydrogen (secondary N) is 2. The molecular weight excluding hydrogens is 508 g/mol. The van der Waals surface area contributed by atoms with Crippen molar-refractivity contribution in [3.63, 3.8) is 0 Å². The first-order valence-corrected chi connectivity index (χ1v) is 13.4. The summed E-state index contributed by atoms with van der Waals surface area (Å²) < 4.78 is 11.7. The number of methoxy groups -OCH3 is 1. The van der Waals surface area contributed by atoms with Gasteiger partial charge in [-0.25, -0.2) is 4.79 Å². The lowest BCUT2D eigenvalue weighted by Gasteiger charge is -2.38. The highest BCUT2D eigenvalue weighted by molar-refractivity contribution is 6.02. The molecule has 3 aromatic carbocycles. The molecule has 0 radical (unpaired) electrons. The number of urea groups is 1. The number of carbonyl (C=O) groups excluding carboxylic acids is 2. The molecule has 9 nitrogen and oxygen atoms in total. The van der Waals surface area contributed by atoms with Crippen LogP contribution in [0.3, 0.4) is 0 Å². The Hall–Kier alpha value is -4.08. The third-order valence-corrected chi connectivity index (χ3v) is 7.06. The monoisotopic (exact) mass is 546 g/mol. The molecule has 212 valence electrons. The van der Waals surface area contributed by atoms with Crippen LogP contribution in [-0.4, -0.2) is 72.8 Å². The minimum Gasteiger partial charge on any atom is -0.497 e. The van der Waals surface area contributed by atoms with Crippen LogP contribution in [0.25, 0.3) is 0 Å². The van der Waals surface area contributed by atoms with Crippen molar-refractivity contribution in [2.24, 2.45) is 5.92 Å². The van der Waals surface area contributed by atoms with Crippen LogP contribution < -0.4 is 20.1 Å². The highest BCUT2D eigenvalue weighted by Gasteiger charge is 2.33. The minimum absolute atomic E-state index is 0.00105. The summed E-state index contributed by atoms with van der Waals surface area (Å²) in [7, 11) is 3.69. The number of fused-ring (bicyclic) bond motifs is 1. The van der Waals surface area contributed by atoms with Crippen LogP contribution >= 0.6 is 0 Å². The van der Waals surface area contributed by atoms with Crippen LogP contribution in [0, 0.1) is 5.92 Å². The third-order valence-electron chi connectivity index (χ3n) is 7.06. The number of aliphatic hydroxyl groups excluding tert-OH is 1. The Bertz CT molecular complexity index is 1280. The van der Waals surface area contributed by atoms with Crippen LogP contribution in [0.1, 0.15) is 29.8 Å². The number of hydrogen-bond donors (Lipinski definition) is 3. The molecule has 40 heavy (non-hydrogen) atoms. The van der Waals surface area contributed by atoms with Gasteiger partial charge in [-0.2, -0.15) is 0 Å². The Morgan fingerprint density at radius 1 is 1.10 bits per heavy atom. The maximum Gasteiger partial charge on any atom is 0.323 e. The molecule has 0 aromatic heterocycles. The van der Waals surface area contributed by atoms with Gasteiger partial charge >= 0.3 is 6.03 Å². The highest BCUT2D eigenvalue weighted by Crippen LogP contribution is 2.31. The lowest BCUT2D eigenvalue weighted by Crippen LogP contribution is -2.49. The molecule has 1 heterocycles. The van der Waals surface area contributed by atoms with Crippen molar-refractivity contribution < 1.29 is 24.2 Å². The first-order valence-electron chi connectivity index (χ1n) is 13.4. The van der Waals surface area contributed by atoms with Crippen molar-refractivity contribution in [2.45, 2.75) is 32.5 Å². The van der Waals surface area contributed by atoms with E-state index in [2.05, 4.69) is 22.5 Å². The number of amides is 3. The number of para-hydroxylation sites is 1. The molecule has 0 unspecified atom stereocenters. The number of rotatable bonds is 9. The number of nitrogens with zero attached hydrogens (tertiary/aromatic N) is 2. The lowest BCUT2D eigenvalue weighted by molar-refractivity contribution is 0.0341. The number of ether oxygens (including phenoxy) is 2. The van der Waals surface area contributed by atoms with Gasteiger partial charge < -0.3 is 30.1 Å². The van der Waals surface area contributed by atoms with Gasteiger partial charge in [0.25, 0.3) is 5.91 Å². The van der Waals surface area contributed by atoms with Crippen LogP contribution in [0.5, 0.6) is 11.5 Å². The van der Waals surface area contributed by atoms with Gasteiger partial charge in [0.05, 0.1) is 25.3 Å². The Morgan fingerprint density at radius 3 is 2.48 bits per heavy atom. The number of anilines is 2. The molecule has 1 aliphatic rings. The molecule has 0 aliphatic carbocycles. The summed E-state index contributed by atoms with van der Waals surface area (Å²) in [5, 5.41) is 15.5. The predicted octanol–water partition coefficient (Wildman–Crippen LogP) is 4.69. The van der Waals surface area contributed by atoms with E-state index in [-0.39, 0.29) is 30.6 Å². The predicted molar refractivity (Wildman–Crippen MR) is 156 cm³/mol. The fraction of sp³-hybridized carbons (Fsp3) is 0.355. The van der Waals surface area contributed by atoms with Gasteiger partial charge in [0.1, 0.15) is 17.6 Å². The van der Waals surface area contributed by atoms with Crippen molar-refractivity contribution in [1.29, 1.82) is 0 Å². The fourth-order valence-corrected chi connectivity index (χ4v) is 4.75. The second kappa shape index (κ2) is 13.3. The van der Waals surface area contributed by atoms with Crippen LogP contribution in [0.2, 0.25) is 0 Å². The average Bonchev–Trinajstić information content (AvgIpc) is 2.95. The summed E-state index contributed by atoms with van der Waals surface area (Å²) in [4.78, 5) is 30.1. The molecule has 0 bridgehead atoms. The van der Waals surface area contributed by atoms with Crippen molar-refractivity contribution >= 4 is 23.3 Å². The van der Waals surface area contributed by atoms with E-state index in [1.54, 1.807) is 42.3 Å². The van der Waals surface area contributed by atoms with Crippen LogP contribution in [0.15, 0.2) is 72.8 Å². The Balaban J connectivity index is 1.54. The van der Waals surface area contributed by atoms with E-state index in [0.29, 0.717) is 35.8 Å². The molecule has 1 aliphatic heterocycles. The number of aliphatic hydroxyl groups is 1. The van der Waals surface area contributed by atoms with Crippen molar-refractivity contribution in [2.75, 3.05) is 44.5 Å². The van der Waals surface area contributed by atoms with Crippen molar-refractivity contribution in [3.8, 4) is 11.5 Å². The molecule has 3 aromatic rings. The highest BCUT2D eigenvalue weighted by atomic mass is 16.5. The standard InChI is InChI=1S/C31H38N4O5/c1-21-17-35(22(2)20-36)30(37)27-16-25(33-31(38)32-24-8-6-5-7-9-24)12-15-28(27)40-29(21)19-34(3)18-23-10-13-26(39-4)14-11-23/h5-16,21-22,29,36H,17-20H2,1-4H3,(H2,32,33,38)/t21-,22+,29-/m0/s1. The number of likely N-dealkylation sites (N-methyl/N-ethyl adjacent to an activating group) is 1. The molecule has 3 atom stereocenters. The largest absolute Gasteiger partial charge is 0.497 e. The van der Waals surface area contributed by atoms with Gasteiger partial charge in [0, 0.05) is 36.9 Å². The molecular formula is C31H38N4O5. The Kier molecular flexibility index (Phi) is 9.63. The minimum atomic E-state index is -0.419. The molecule has 0 saturated carbocycles. The van der Waals surface area contributed by atoms with E-state index in [1.165, 1.54) is 0 Å². The van der Waals surface area contributed by atoms with E-state index in [4.69, 9.17) is 9.47 Å². The van der Waals surface area contributed by atoms with E-state index in [1.807, 2.05) is 56.4 Å². The maximum absolute atomic E-state index is 13.7. The summed E-state index contributed by atoms with van der Waals surface area (Å²) >= 11 is 0. The van der Waals surface area contributed by atoms with Gasteiger partial charge in [-0.3, -0.25) is 9.69 Å². The second-order valence-corrected chi connectivity index (χ2v) is 10.3. The average molecular weight is 547 g/mol. The first-order chi connectivity index (χ1) is 19.3. The maximum atomic E-state index is 13.7. The molecule has 0 spiro atoms. The third kappa shape index (κ3) is 7.31. The van der Waals surface area contributed by atoms with E-state index >= 15 is 0 Å². The molecule has 3 amide bonds. The zero-order chi connectivity index (χ0) is 28.6. The second-order valence-electron chi connectivity index (χ2n) is 10.3. The summed E-state index contributed by atoms with van der Waals surface area (Å²) in [6.45, 7) is 5.50. The molecule has 9 heteroatoms. The van der Waals surface area contributed by atoms with Gasteiger partial charge in [-0.15, -0.1) is 0 Å². The van der Waals surface area contributed by atoms with Crippen molar-refractivity contribution in [3.05, 3.63) is 83.9 Å². The fourth-order valence-electron chi connectivity index (χ4n) is 4.75. The molecule has 4 rings (SSSR count). The SMILES string of the molecule is COc1ccc(CN(C)C[C@@H]2Oc3ccc(NC(=O)Nc4ccccc4)cc3C(=O)N([C@H](C)CO)C[C@@H]2C)cc1. The van der Waals surface area contributed by atoms with Crippen molar-refractivity contribution in [1.82, 2.24) is 9.80 Å². The lowest BCUT2D eigenvalue weighted by atomic mass is 9.99. The van der Waals surface area contributed by atoms with Gasteiger partial charge in [-0.1, -0.05) is 37.3 Å². The summed E-state index contributed by atoms with van der Waals surface area (Å²) in [5.74, 6) is 1.01. The van der Waals surface area contributed by atoms with Gasteiger partial charge in [0.2, 0.25) is 0 Å². The smallest absolute Gasteiger partial charge is 0.323 e. The zero-order valence-electron chi connectivity index (χ0n) is 23.5. The molecule has 0 fully saturated rings. The van der Waals surface area contributed by atoms with Crippen LogP contribution in [0.4, 0.5) is 16.2 Å². The summed E-state index contributed by atoms with van der Waals surface area (Å²) in [6.07, 6.45) is -0.219. The summed E-state index contributed by atoms with van der Waals surface area (Å²) in [5.41, 5.74) is 2.61. The van der Waals surface area contributed by atoms with Crippen LogP contribution in [-0.2, 0) is 6.54 Å². The Morgan fingerprint density at radius 2 is 1.80 bits per heavy atom. The zero-order valence-corrected chi connectivity index (χ0v) is 23.5. The summed E-state index contributed by atoms with van der Waals surface area (Å²) in [6, 6.07) is 21.4.